The number of benzene rings is 1. The molecule has 1 aliphatic rings. The molecule has 2 rings (SSSR count). The molecule has 1 aliphatic heterocycles. The lowest BCUT2D eigenvalue weighted by molar-refractivity contribution is -0.0513. The smallest absolute Gasteiger partial charge is 0.387 e. The molecule has 118 valence electrons. The van der Waals surface area contributed by atoms with Crippen LogP contribution in [0.5, 0.6) is 5.75 Å². The van der Waals surface area contributed by atoms with Crippen molar-refractivity contribution >= 4 is 0 Å². The Balaban J connectivity index is 2.26. The fraction of sp³-hybridized carbons (Fsp3) is 0.625. The molecule has 1 saturated heterocycles. The molecule has 0 amide bonds. The Labute approximate surface area is 125 Å². The molecule has 1 heterocycles. The summed E-state index contributed by atoms with van der Waals surface area (Å²) < 4.78 is 30.0. The number of alkyl halides is 2. The lowest BCUT2D eigenvalue weighted by atomic mass is 9.94. The van der Waals surface area contributed by atoms with Crippen molar-refractivity contribution in [1.29, 1.82) is 0 Å². The molecule has 3 nitrogen and oxygen atoms in total. The molecule has 21 heavy (non-hydrogen) atoms. The number of rotatable bonds is 6. The summed E-state index contributed by atoms with van der Waals surface area (Å²) in [5, 5.41) is 3.33. The summed E-state index contributed by atoms with van der Waals surface area (Å²) in [5.41, 5.74) is 0.869. The summed E-state index contributed by atoms with van der Waals surface area (Å²) in [7, 11) is 0. The van der Waals surface area contributed by atoms with Crippen LogP contribution >= 0.6 is 0 Å². The summed E-state index contributed by atoms with van der Waals surface area (Å²) >= 11 is 0. The number of para-hydroxylation sites is 1. The SMILES string of the molecule is CC(C)C[C@@H](c1ccccc1OC(F)F)N1CCNCC1. The van der Waals surface area contributed by atoms with E-state index in [0.717, 1.165) is 38.2 Å². The van der Waals surface area contributed by atoms with Crippen LogP contribution in [0.25, 0.3) is 0 Å². The van der Waals surface area contributed by atoms with Gasteiger partial charge in [0.25, 0.3) is 0 Å². The first-order valence-electron chi connectivity index (χ1n) is 7.56. The average Bonchev–Trinajstić information content (AvgIpc) is 2.46. The van der Waals surface area contributed by atoms with E-state index in [4.69, 9.17) is 4.74 Å². The third kappa shape index (κ3) is 4.64. The molecule has 1 aromatic carbocycles. The quantitative estimate of drug-likeness (QED) is 0.872. The van der Waals surface area contributed by atoms with Crippen molar-refractivity contribution in [1.82, 2.24) is 10.2 Å². The number of nitrogens with one attached hydrogen (secondary N) is 1. The van der Waals surface area contributed by atoms with Crippen molar-refractivity contribution in [3.8, 4) is 5.75 Å². The van der Waals surface area contributed by atoms with E-state index in [0.29, 0.717) is 11.7 Å². The summed E-state index contributed by atoms with van der Waals surface area (Å²) in [6, 6.07) is 7.31. The second-order valence-electron chi connectivity index (χ2n) is 5.85. The van der Waals surface area contributed by atoms with Gasteiger partial charge in [-0.15, -0.1) is 0 Å². The van der Waals surface area contributed by atoms with Crippen molar-refractivity contribution in [2.75, 3.05) is 26.2 Å². The molecule has 0 bridgehead atoms. The highest BCUT2D eigenvalue weighted by atomic mass is 19.3. The molecule has 1 N–H and O–H groups in total. The van der Waals surface area contributed by atoms with Crippen LogP contribution in [-0.4, -0.2) is 37.7 Å². The van der Waals surface area contributed by atoms with Crippen LogP contribution in [0.15, 0.2) is 24.3 Å². The molecule has 1 atom stereocenters. The predicted octanol–water partition coefficient (Wildman–Crippen LogP) is 3.28. The van der Waals surface area contributed by atoms with Gasteiger partial charge in [0, 0.05) is 37.8 Å². The summed E-state index contributed by atoms with van der Waals surface area (Å²) in [4.78, 5) is 2.37. The minimum Gasteiger partial charge on any atom is -0.434 e. The van der Waals surface area contributed by atoms with Gasteiger partial charge in [-0.25, -0.2) is 0 Å². The summed E-state index contributed by atoms with van der Waals surface area (Å²) in [5.74, 6) is 0.793. The van der Waals surface area contributed by atoms with Gasteiger partial charge in [0.1, 0.15) is 5.75 Å². The van der Waals surface area contributed by atoms with Gasteiger partial charge in [-0.1, -0.05) is 32.0 Å². The van der Waals surface area contributed by atoms with Gasteiger partial charge >= 0.3 is 6.61 Å². The van der Waals surface area contributed by atoms with Crippen molar-refractivity contribution in [3.63, 3.8) is 0 Å². The lowest BCUT2D eigenvalue weighted by Gasteiger charge is -2.36. The molecule has 0 aromatic heterocycles. The highest BCUT2D eigenvalue weighted by Crippen LogP contribution is 2.34. The highest BCUT2D eigenvalue weighted by molar-refractivity contribution is 5.36. The van der Waals surface area contributed by atoms with Crippen molar-refractivity contribution in [3.05, 3.63) is 29.8 Å². The average molecular weight is 298 g/mol. The lowest BCUT2D eigenvalue weighted by Crippen LogP contribution is -2.45. The van der Waals surface area contributed by atoms with Crippen LogP contribution < -0.4 is 10.1 Å². The summed E-state index contributed by atoms with van der Waals surface area (Å²) in [6.45, 7) is 5.27. The first-order chi connectivity index (χ1) is 10.1. The fourth-order valence-corrected chi connectivity index (χ4v) is 2.87. The van der Waals surface area contributed by atoms with E-state index in [9.17, 15) is 8.78 Å². The van der Waals surface area contributed by atoms with Crippen LogP contribution in [0.2, 0.25) is 0 Å². The van der Waals surface area contributed by atoms with Gasteiger partial charge in [0.15, 0.2) is 0 Å². The van der Waals surface area contributed by atoms with Crippen molar-refractivity contribution < 1.29 is 13.5 Å². The van der Waals surface area contributed by atoms with Gasteiger partial charge in [-0.05, 0) is 18.4 Å². The topological polar surface area (TPSA) is 24.5 Å². The van der Waals surface area contributed by atoms with E-state index in [1.807, 2.05) is 12.1 Å². The fourth-order valence-electron chi connectivity index (χ4n) is 2.87. The molecule has 1 fully saturated rings. The normalized spacial score (nSPS) is 18.2. The van der Waals surface area contributed by atoms with E-state index in [1.165, 1.54) is 0 Å². The van der Waals surface area contributed by atoms with Gasteiger partial charge in [0.05, 0.1) is 0 Å². The number of ether oxygens (including phenoxy) is 1. The Morgan fingerprint density at radius 3 is 2.48 bits per heavy atom. The maximum absolute atomic E-state index is 12.6. The van der Waals surface area contributed by atoms with E-state index in [2.05, 4.69) is 24.1 Å². The molecular formula is C16H24F2N2O. The third-order valence-corrected chi connectivity index (χ3v) is 3.78. The monoisotopic (exact) mass is 298 g/mol. The van der Waals surface area contributed by atoms with Gasteiger partial charge in [-0.2, -0.15) is 8.78 Å². The van der Waals surface area contributed by atoms with Crippen LogP contribution in [0.1, 0.15) is 31.9 Å². The summed E-state index contributed by atoms with van der Waals surface area (Å²) in [6.07, 6.45) is 0.934. The van der Waals surface area contributed by atoms with E-state index < -0.39 is 6.61 Å². The number of piperazine rings is 1. The third-order valence-electron chi connectivity index (χ3n) is 3.78. The van der Waals surface area contributed by atoms with Crippen LogP contribution in [0, 0.1) is 5.92 Å². The second kappa shape index (κ2) is 7.71. The minimum atomic E-state index is -2.78. The Morgan fingerprint density at radius 2 is 1.86 bits per heavy atom. The minimum absolute atomic E-state index is 0.127. The Kier molecular flexibility index (Phi) is 5.94. The molecule has 1 aromatic rings. The molecule has 0 radical (unpaired) electrons. The van der Waals surface area contributed by atoms with E-state index in [1.54, 1.807) is 12.1 Å². The number of hydrogen-bond donors (Lipinski definition) is 1. The zero-order valence-corrected chi connectivity index (χ0v) is 12.7. The Hall–Kier alpha value is -1.20. The molecule has 5 heteroatoms. The Morgan fingerprint density at radius 1 is 1.19 bits per heavy atom. The first-order valence-corrected chi connectivity index (χ1v) is 7.56. The zero-order valence-electron chi connectivity index (χ0n) is 12.7. The second-order valence-corrected chi connectivity index (χ2v) is 5.85. The largest absolute Gasteiger partial charge is 0.434 e. The molecule has 0 aliphatic carbocycles. The maximum atomic E-state index is 12.6. The predicted molar refractivity (Wildman–Crippen MR) is 79.7 cm³/mol. The molecular weight excluding hydrogens is 274 g/mol. The maximum Gasteiger partial charge on any atom is 0.387 e. The first kappa shape index (κ1) is 16.2. The van der Waals surface area contributed by atoms with Crippen LogP contribution in [-0.2, 0) is 0 Å². The standard InChI is InChI=1S/C16H24F2N2O/c1-12(2)11-14(20-9-7-19-8-10-20)13-5-3-4-6-15(13)21-16(17)18/h3-6,12,14,16,19H,7-11H2,1-2H3/t14-/m0/s1. The van der Waals surface area contributed by atoms with Gasteiger partial charge in [0.2, 0.25) is 0 Å². The number of halogens is 2. The van der Waals surface area contributed by atoms with Crippen molar-refractivity contribution in [2.24, 2.45) is 5.92 Å². The van der Waals surface area contributed by atoms with Gasteiger partial charge < -0.3 is 10.1 Å². The van der Waals surface area contributed by atoms with E-state index in [-0.39, 0.29) is 6.04 Å². The van der Waals surface area contributed by atoms with Crippen LogP contribution in [0.3, 0.4) is 0 Å². The number of nitrogens with zero attached hydrogens (tertiary/aromatic N) is 1. The molecule has 0 spiro atoms. The highest BCUT2D eigenvalue weighted by Gasteiger charge is 2.26. The number of hydrogen-bond acceptors (Lipinski definition) is 3. The van der Waals surface area contributed by atoms with Crippen molar-refractivity contribution in [2.45, 2.75) is 32.9 Å². The van der Waals surface area contributed by atoms with E-state index >= 15 is 0 Å². The molecule has 0 saturated carbocycles. The molecule has 0 unspecified atom stereocenters. The Bertz CT molecular complexity index is 434. The van der Waals surface area contributed by atoms with Gasteiger partial charge in [-0.3, -0.25) is 4.90 Å². The zero-order chi connectivity index (χ0) is 15.2. The van der Waals surface area contributed by atoms with Crippen LogP contribution in [0.4, 0.5) is 8.78 Å².